The number of rotatable bonds is 5. The number of anilines is 2. The molecule has 4 rings (SSSR count). The average molecular weight is 388 g/mol. The van der Waals surface area contributed by atoms with Crippen molar-refractivity contribution in [3.05, 3.63) is 83.4 Å². The summed E-state index contributed by atoms with van der Waals surface area (Å²) in [5.41, 5.74) is 5.27. The van der Waals surface area contributed by atoms with Gasteiger partial charge in [-0.05, 0) is 53.9 Å². The lowest BCUT2D eigenvalue weighted by atomic mass is 9.97. The third-order valence-electron chi connectivity index (χ3n) is 5.28. The van der Waals surface area contributed by atoms with Gasteiger partial charge in [0.25, 0.3) is 0 Å². The van der Waals surface area contributed by atoms with Gasteiger partial charge in [-0.1, -0.05) is 30.3 Å². The van der Waals surface area contributed by atoms with Gasteiger partial charge >= 0.3 is 0 Å². The fourth-order valence-corrected chi connectivity index (χ4v) is 3.84. The number of aromatic hydroxyl groups is 1. The molecule has 0 unspecified atom stereocenters. The molecule has 1 aliphatic heterocycles. The highest BCUT2D eigenvalue weighted by molar-refractivity contribution is 5.93. The van der Waals surface area contributed by atoms with Crippen LogP contribution >= 0.6 is 0 Å². The molecule has 0 radical (unpaired) electrons. The number of nitrogens with one attached hydrogen (secondary N) is 1. The van der Waals surface area contributed by atoms with E-state index in [4.69, 9.17) is 4.74 Å². The van der Waals surface area contributed by atoms with Crippen molar-refractivity contribution in [3.63, 3.8) is 0 Å². The van der Waals surface area contributed by atoms with E-state index in [0.717, 1.165) is 36.5 Å². The summed E-state index contributed by atoms with van der Waals surface area (Å²) in [6.07, 6.45) is 1.23. The van der Waals surface area contributed by atoms with Crippen LogP contribution in [0.1, 0.15) is 16.7 Å². The number of carbonyl (C=O) groups excluding carboxylic acids is 1. The van der Waals surface area contributed by atoms with Crippen LogP contribution in [0.3, 0.4) is 0 Å². The highest BCUT2D eigenvalue weighted by atomic mass is 16.5. The summed E-state index contributed by atoms with van der Waals surface area (Å²) in [4.78, 5) is 14.9. The van der Waals surface area contributed by atoms with E-state index in [2.05, 4.69) is 22.3 Å². The highest BCUT2D eigenvalue weighted by Crippen LogP contribution is 2.32. The molecule has 148 valence electrons. The molecule has 2 N–H and O–H groups in total. The summed E-state index contributed by atoms with van der Waals surface area (Å²) in [7, 11) is 1.70. The van der Waals surface area contributed by atoms with Crippen molar-refractivity contribution in [3.8, 4) is 11.5 Å². The lowest BCUT2D eigenvalue weighted by Gasteiger charge is -2.33. The van der Waals surface area contributed by atoms with Crippen LogP contribution in [0.5, 0.6) is 11.5 Å². The predicted molar refractivity (Wildman–Crippen MR) is 115 cm³/mol. The molecule has 3 aromatic rings. The third-order valence-corrected chi connectivity index (χ3v) is 5.28. The number of phenols is 1. The first-order chi connectivity index (χ1) is 14.1. The molecular formula is C24H24N2O3. The Labute approximate surface area is 170 Å². The summed E-state index contributed by atoms with van der Waals surface area (Å²) >= 11 is 0. The lowest BCUT2D eigenvalue weighted by molar-refractivity contribution is -0.115. The molecule has 3 aromatic carbocycles. The molecular weight excluding hydrogens is 364 g/mol. The molecule has 0 aliphatic carbocycles. The van der Waals surface area contributed by atoms with E-state index < -0.39 is 0 Å². The second-order valence-electron chi connectivity index (χ2n) is 7.17. The Morgan fingerprint density at radius 2 is 1.86 bits per heavy atom. The molecule has 1 aliphatic rings. The second-order valence-corrected chi connectivity index (χ2v) is 7.17. The molecule has 0 spiro atoms. The molecule has 29 heavy (non-hydrogen) atoms. The van der Waals surface area contributed by atoms with Crippen molar-refractivity contribution in [2.45, 2.75) is 19.4 Å². The summed E-state index contributed by atoms with van der Waals surface area (Å²) in [6, 6.07) is 20.7. The SMILES string of the molecule is COc1cccc2c1CN(c1ccccc1CC(=O)Nc1ccc(O)cc1)CC2. The van der Waals surface area contributed by atoms with Crippen LogP contribution in [0, 0.1) is 0 Å². The van der Waals surface area contributed by atoms with Gasteiger partial charge in [0.05, 0.1) is 13.5 Å². The monoisotopic (exact) mass is 388 g/mol. The standard InChI is InChI=1S/C24H24N2O3/c1-29-23-8-4-6-17-13-14-26(16-21(17)23)22-7-3-2-5-18(22)15-24(28)25-19-9-11-20(27)12-10-19/h2-12,27H,13-16H2,1H3,(H,25,28). The van der Waals surface area contributed by atoms with E-state index in [1.807, 2.05) is 30.3 Å². The van der Waals surface area contributed by atoms with Gasteiger partial charge in [-0.3, -0.25) is 4.79 Å². The quantitative estimate of drug-likeness (QED) is 0.645. The first-order valence-corrected chi connectivity index (χ1v) is 9.70. The summed E-state index contributed by atoms with van der Waals surface area (Å²) in [5.74, 6) is 1.00. The molecule has 0 atom stereocenters. The second kappa shape index (κ2) is 8.27. The zero-order valence-corrected chi connectivity index (χ0v) is 16.4. The van der Waals surface area contributed by atoms with Crippen LogP contribution in [0.15, 0.2) is 66.7 Å². The van der Waals surface area contributed by atoms with Gasteiger partial charge < -0.3 is 20.1 Å². The number of amides is 1. The lowest BCUT2D eigenvalue weighted by Crippen LogP contribution is -2.31. The first kappa shape index (κ1) is 18.9. The number of benzene rings is 3. The average Bonchev–Trinajstić information content (AvgIpc) is 2.75. The molecule has 1 heterocycles. The van der Waals surface area contributed by atoms with Crippen molar-refractivity contribution in [1.29, 1.82) is 0 Å². The minimum atomic E-state index is -0.0851. The molecule has 1 amide bonds. The van der Waals surface area contributed by atoms with Gasteiger partial charge in [0.1, 0.15) is 11.5 Å². The number of phenolic OH excluding ortho intramolecular Hbond substituents is 1. The number of fused-ring (bicyclic) bond motifs is 1. The number of para-hydroxylation sites is 1. The van der Waals surface area contributed by atoms with Gasteiger partial charge in [-0.2, -0.15) is 0 Å². The molecule has 5 nitrogen and oxygen atoms in total. The molecule has 0 saturated carbocycles. The molecule has 0 fully saturated rings. The number of carbonyl (C=O) groups is 1. The van der Waals surface area contributed by atoms with Crippen molar-refractivity contribution < 1.29 is 14.6 Å². The first-order valence-electron chi connectivity index (χ1n) is 9.70. The zero-order chi connectivity index (χ0) is 20.2. The Hall–Kier alpha value is -3.47. The van der Waals surface area contributed by atoms with Crippen LogP contribution in [-0.2, 0) is 24.2 Å². The van der Waals surface area contributed by atoms with Crippen LogP contribution in [-0.4, -0.2) is 24.7 Å². The van der Waals surface area contributed by atoms with E-state index in [0.29, 0.717) is 5.69 Å². The van der Waals surface area contributed by atoms with Crippen molar-refractivity contribution in [1.82, 2.24) is 0 Å². The normalized spacial score (nSPS) is 12.9. The van der Waals surface area contributed by atoms with Gasteiger partial charge in [0.15, 0.2) is 0 Å². The van der Waals surface area contributed by atoms with Gasteiger partial charge in [0.2, 0.25) is 5.91 Å². The summed E-state index contributed by atoms with van der Waals surface area (Å²) in [6.45, 7) is 1.66. The Bertz CT molecular complexity index is 1000. The Morgan fingerprint density at radius 3 is 2.66 bits per heavy atom. The predicted octanol–water partition coefficient (Wildman–Crippen LogP) is 4.14. The van der Waals surface area contributed by atoms with Gasteiger partial charge in [-0.15, -0.1) is 0 Å². The molecule has 0 bridgehead atoms. The number of methoxy groups -OCH3 is 1. The van der Waals surface area contributed by atoms with Crippen molar-refractivity contribution in [2.75, 3.05) is 23.9 Å². The van der Waals surface area contributed by atoms with E-state index in [1.54, 1.807) is 31.4 Å². The van der Waals surface area contributed by atoms with Crippen LogP contribution in [0.4, 0.5) is 11.4 Å². The molecule has 0 aromatic heterocycles. The maximum Gasteiger partial charge on any atom is 0.228 e. The summed E-state index contributed by atoms with van der Waals surface area (Å²) in [5, 5.41) is 12.3. The topological polar surface area (TPSA) is 61.8 Å². The van der Waals surface area contributed by atoms with E-state index >= 15 is 0 Å². The number of hydrogen-bond acceptors (Lipinski definition) is 4. The maximum atomic E-state index is 12.6. The highest BCUT2D eigenvalue weighted by Gasteiger charge is 2.22. The Morgan fingerprint density at radius 1 is 1.07 bits per heavy atom. The fraction of sp³-hybridized carbons (Fsp3) is 0.208. The number of ether oxygens (including phenoxy) is 1. The van der Waals surface area contributed by atoms with Crippen LogP contribution in [0.2, 0.25) is 0 Å². The van der Waals surface area contributed by atoms with E-state index in [-0.39, 0.29) is 18.1 Å². The van der Waals surface area contributed by atoms with Crippen molar-refractivity contribution >= 4 is 17.3 Å². The van der Waals surface area contributed by atoms with E-state index in [1.165, 1.54) is 11.1 Å². The number of nitrogens with zero attached hydrogens (tertiary/aromatic N) is 1. The van der Waals surface area contributed by atoms with Crippen molar-refractivity contribution in [2.24, 2.45) is 0 Å². The smallest absolute Gasteiger partial charge is 0.228 e. The van der Waals surface area contributed by atoms with E-state index in [9.17, 15) is 9.90 Å². The van der Waals surface area contributed by atoms with Gasteiger partial charge in [0, 0.05) is 30.0 Å². The van der Waals surface area contributed by atoms with Gasteiger partial charge in [-0.25, -0.2) is 0 Å². The minimum absolute atomic E-state index is 0.0851. The summed E-state index contributed by atoms with van der Waals surface area (Å²) < 4.78 is 5.56. The fourth-order valence-electron chi connectivity index (χ4n) is 3.84. The molecule has 0 saturated heterocycles. The Balaban J connectivity index is 1.52. The Kier molecular flexibility index (Phi) is 5.38. The minimum Gasteiger partial charge on any atom is -0.508 e. The third kappa shape index (κ3) is 4.19. The zero-order valence-electron chi connectivity index (χ0n) is 16.4. The maximum absolute atomic E-state index is 12.6. The number of hydrogen-bond donors (Lipinski definition) is 2. The largest absolute Gasteiger partial charge is 0.508 e. The molecule has 5 heteroatoms. The van der Waals surface area contributed by atoms with Crippen LogP contribution in [0.25, 0.3) is 0 Å². The van der Waals surface area contributed by atoms with Crippen LogP contribution < -0.4 is 15.0 Å².